The molecule has 2 fully saturated rings. The second-order valence-corrected chi connectivity index (χ2v) is 12.1. The highest BCUT2D eigenvalue weighted by atomic mass is 35.5. The smallest absolute Gasteiger partial charge is 0.273 e. The Morgan fingerprint density at radius 1 is 1.10 bits per heavy atom. The fraction of sp³-hybridized carbons (Fsp3) is 0.419. The van der Waals surface area contributed by atoms with Crippen LogP contribution in [0.15, 0.2) is 48.5 Å². The van der Waals surface area contributed by atoms with Crippen molar-refractivity contribution >= 4 is 52.2 Å². The van der Waals surface area contributed by atoms with Gasteiger partial charge in [-0.1, -0.05) is 55.1 Å². The van der Waals surface area contributed by atoms with Crippen molar-refractivity contribution in [3.05, 3.63) is 75.3 Å². The quantitative estimate of drug-likeness (QED) is 0.297. The Kier molecular flexibility index (Phi) is 9.76. The lowest BCUT2D eigenvalue weighted by Crippen LogP contribution is -2.45. The van der Waals surface area contributed by atoms with E-state index in [-0.39, 0.29) is 40.2 Å². The summed E-state index contributed by atoms with van der Waals surface area (Å²) in [6, 6.07) is 13.2. The van der Waals surface area contributed by atoms with Gasteiger partial charge in [-0.2, -0.15) is 4.37 Å². The molecule has 2 atom stereocenters. The van der Waals surface area contributed by atoms with E-state index in [1.54, 1.807) is 30.3 Å². The van der Waals surface area contributed by atoms with Gasteiger partial charge in [-0.3, -0.25) is 19.3 Å². The minimum absolute atomic E-state index is 0.00517. The highest BCUT2D eigenvalue weighted by Gasteiger charge is 2.37. The first-order valence-electron chi connectivity index (χ1n) is 14.4. The molecule has 0 bridgehead atoms. The zero-order chi connectivity index (χ0) is 29.6. The molecule has 5 rings (SSSR count). The summed E-state index contributed by atoms with van der Waals surface area (Å²) in [5.41, 5.74) is 8.46. The number of anilines is 2. The third kappa shape index (κ3) is 6.94. The van der Waals surface area contributed by atoms with Crippen LogP contribution in [-0.2, 0) is 9.53 Å². The molecule has 0 unspecified atom stereocenters. The van der Waals surface area contributed by atoms with Crippen molar-refractivity contribution in [2.75, 3.05) is 23.8 Å². The maximum Gasteiger partial charge on any atom is 0.273 e. The molecule has 222 valence electrons. The molecule has 3 aromatic rings. The minimum Gasteiger partial charge on any atom is -0.395 e. The number of amides is 3. The average Bonchev–Trinajstić information content (AvgIpc) is 3.65. The summed E-state index contributed by atoms with van der Waals surface area (Å²) >= 11 is 7.05. The van der Waals surface area contributed by atoms with Crippen molar-refractivity contribution in [1.29, 1.82) is 0 Å². The van der Waals surface area contributed by atoms with E-state index in [1.165, 1.54) is 4.90 Å². The Balaban J connectivity index is 1.50. The van der Waals surface area contributed by atoms with E-state index in [4.69, 9.17) is 22.1 Å². The summed E-state index contributed by atoms with van der Waals surface area (Å²) in [5.74, 6) is -1.29. The number of benzene rings is 2. The fourth-order valence-electron chi connectivity index (χ4n) is 5.57. The Hall–Kier alpha value is -3.47. The van der Waals surface area contributed by atoms with Crippen molar-refractivity contribution in [1.82, 2.24) is 15.0 Å². The van der Waals surface area contributed by atoms with E-state index in [2.05, 4.69) is 15.0 Å². The highest BCUT2D eigenvalue weighted by molar-refractivity contribution is 7.09. The SMILES string of the molecule is Cc1cccc(N(C(=O)c2snc(C(=O)NC3CCCCC3)c2N)[C@H](C(=O)NC[C@@H]2CCCO2)c2ccc(Cl)cc2)c1. The number of nitrogens with zero attached hydrogens (tertiary/aromatic N) is 2. The molecule has 0 spiro atoms. The lowest BCUT2D eigenvalue weighted by atomic mass is 9.95. The molecule has 1 aliphatic heterocycles. The first kappa shape index (κ1) is 30.0. The van der Waals surface area contributed by atoms with Crippen molar-refractivity contribution < 1.29 is 19.1 Å². The number of nitrogen functional groups attached to an aromatic ring is 1. The van der Waals surface area contributed by atoms with Crippen LogP contribution in [-0.4, -0.2) is 47.4 Å². The Morgan fingerprint density at radius 2 is 1.86 bits per heavy atom. The Morgan fingerprint density at radius 3 is 2.55 bits per heavy atom. The summed E-state index contributed by atoms with van der Waals surface area (Å²) in [6.45, 7) is 2.90. The standard InChI is InChI=1S/C31H36ClN5O4S/c1-19-7-5-10-23(17-19)37(27(20-12-14-21(32)15-13-20)30(39)34-18-24-11-6-16-41-24)31(40)28-25(33)26(36-42-28)29(38)35-22-8-3-2-4-9-22/h5,7,10,12-15,17,22,24,27H,2-4,6,8-9,11,16,18,33H2,1H3,(H,34,39)(H,35,38)/t24-,27-/m0/s1. The summed E-state index contributed by atoms with van der Waals surface area (Å²) in [7, 11) is 0. The van der Waals surface area contributed by atoms with E-state index in [0.29, 0.717) is 29.4 Å². The van der Waals surface area contributed by atoms with Gasteiger partial charge in [0.1, 0.15) is 10.9 Å². The van der Waals surface area contributed by atoms with Crippen LogP contribution in [0.5, 0.6) is 0 Å². The lowest BCUT2D eigenvalue weighted by molar-refractivity contribution is -0.123. The van der Waals surface area contributed by atoms with E-state index >= 15 is 0 Å². The largest absolute Gasteiger partial charge is 0.395 e. The van der Waals surface area contributed by atoms with Crippen LogP contribution < -0.4 is 21.3 Å². The van der Waals surface area contributed by atoms with Crippen molar-refractivity contribution in [3.63, 3.8) is 0 Å². The number of rotatable bonds is 9. The highest BCUT2D eigenvalue weighted by Crippen LogP contribution is 2.34. The molecule has 3 amide bonds. The molecule has 42 heavy (non-hydrogen) atoms. The summed E-state index contributed by atoms with van der Waals surface area (Å²) in [6.07, 6.45) is 6.83. The van der Waals surface area contributed by atoms with Gasteiger partial charge in [0.2, 0.25) is 5.91 Å². The van der Waals surface area contributed by atoms with Crippen LogP contribution in [0.3, 0.4) is 0 Å². The topological polar surface area (TPSA) is 127 Å². The second-order valence-electron chi connectivity index (χ2n) is 10.9. The minimum atomic E-state index is -1.06. The van der Waals surface area contributed by atoms with Gasteiger partial charge in [-0.15, -0.1) is 0 Å². The molecular weight excluding hydrogens is 574 g/mol. The fourth-order valence-corrected chi connectivity index (χ4v) is 6.43. The lowest BCUT2D eigenvalue weighted by Gasteiger charge is -2.32. The second kappa shape index (κ2) is 13.7. The monoisotopic (exact) mass is 609 g/mol. The number of aromatic nitrogens is 1. The number of hydrogen-bond donors (Lipinski definition) is 3. The first-order chi connectivity index (χ1) is 20.3. The van der Waals surface area contributed by atoms with Gasteiger partial charge in [0.25, 0.3) is 11.8 Å². The van der Waals surface area contributed by atoms with Crippen LogP contribution in [0.1, 0.15) is 82.3 Å². The molecule has 11 heteroatoms. The van der Waals surface area contributed by atoms with Gasteiger partial charge in [0, 0.05) is 29.9 Å². The molecule has 1 aromatic heterocycles. The van der Waals surface area contributed by atoms with Gasteiger partial charge in [0.05, 0.1) is 11.8 Å². The van der Waals surface area contributed by atoms with E-state index in [0.717, 1.165) is 62.0 Å². The van der Waals surface area contributed by atoms with E-state index in [1.807, 2.05) is 25.1 Å². The molecule has 2 aliphatic rings. The molecule has 2 aromatic carbocycles. The third-order valence-electron chi connectivity index (χ3n) is 7.80. The molecule has 9 nitrogen and oxygen atoms in total. The molecular formula is C31H36ClN5O4S. The van der Waals surface area contributed by atoms with Crippen molar-refractivity contribution in [3.8, 4) is 0 Å². The molecule has 1 saturated heterocycles. The molecule has 2 heterocycles. The maximum atomic E-state index is 14.4. The zero-order valence-electron chi connectivity index (χ0n) is 23.6. The Bertz CT molecular complexity index is 1420. The number of hydrogen-bond acceptors (Lipinski definition) is 7. The van der Waals surface area contributed by atoms with Crippen molar-refractivity contribution in [2.24, 2.45) is 0 Å². The normalized spacial score (nSPS) is 17.9. The number of nitrogens with two attached hydrogens (primary N) is 1. The summed E-state index contributed by atoms with van der Waals surface area (Å²) in [5, 5.41) is 6.52. The molecule has 1 aliphatic carbocycles. The summed E-state index contributed by atoms with van der Waals surface area (Å²) < 4.78 is 10.00. The van der Waals surface area contributed by atoms with Crippen LogP contribution in [0.2, 0.25) is 5.02 Å². The Labute approximate surface area is 254 Å². The van der Waals surface area contributed by atoms with Gasteiger partial charge in [0.15, 0.2) is 5.69 Å². The summed E-state index contributed by atoms with van der Waals surface area (Å²) in [4.78, 5) is 43.0. The van der Waals surface area contributed by atoms with Crippen LogP contribution >= 0.6 is 23.1 Å². The average molecular weight is 610 g/mol. The predicted molar refractivity (Wildman–Crippen MR) is 165 cm³/mol. The number of nitrogens with one attached hydrogen (secondary N) is 2. The molecule has 1 saturated carbocycles. The number of ether oxygens (including phenoxy) is 1. The number of carbonyl (C=O) groups excluding carboxylic acids is 3. The maximum absolute atomic E-state index is 14.4. The van der Waals surface area contributed by atoms with Crippen LogP contribution in [0.25, 0.3) is 0 Å². The van der Waals surface area contributed by atoms with Crippen LogP contribution in [0, 0.1) is 6.92 Å². The number of halogens is 1. The number of aryl methyl sites for hydroxylation is 1. The van der Waals surface area contributed by atoms with Crippen LogP contribution in [0.4, 0.5) is 11.4 Å². The third-order valence-corrected chi connectivity index (χ3v) is 8.90. The van der Waals surface area contributed by atoms with Gasteiger partial charge in [-0.05, 0) is 79.5 Å². The predicted octanol–water partition coefficient (Wildman–Crippen LogP) is 5.43. The molecule has 0 radical (unpaired) electrons. The van der Waals surface area contributed by atoms with Crippen molar-refractivity contribution in [2.45, 2.75) is 70.1 Å². The van der Waals surface area contributed by atoms with E-state index in [9.17, 15) is 14.4 Å². The zero-order valence-corrected chi connectivity index (χ0v) is 25.2. The van der Waals surface area contributed by atoms with Gasteiger partial charge in [-0.25, -0.2) is 0 Å². The van der Waals surface area contributed by atoms with Gasteiger partial charge < -0.3 is 21.1 Å². The van der Waals surface area contributed by atoms with Gasteiger partial charge >= 0.3 is 0 Å². The first-order valence-corrected chi connectivity index (χ1v) is 15.6. The van der Waals surface area contributed by atoms with E-state index < -0.39 is 11.9 Å². The number of carbonyl (C=O) groups is 3. The molecule has 4 N–H and O–H groups in total.